The van der Waals surface area contributed by atoms with Crippen LogP contribution in [0.1, 0.15) is 32.9 Å². The quantitative estimate of drug-likeness (QED) is 0.531. The number of hydrogen-bond acceptors (Lipinski definition) is 3. The summed E-state index contributed by atoms with van der Waals surface area (Å²) >= 11 is 0. The number of imidazole rings is 1. The number of H-pyrrole nitrogens is 1. The Morgan fingerprint density at radius 3 is 2.56 bits per heavy atom. The van der Waals surface area contributed by atoms with Crippen LogP contribution in [0.2, 0.25) is 0 Å². The molecule has 0 spiro atoms. The Labute approximate surface area is 146 Å². The SMILES string of the molecule is Cc1ccc(-c2cnc(/C=C\C(=N)c3ccc(C=O)c(C)c3)[nH]2)cc1. The van der Waals surface area contributed by atoms with Crippen molar-refractivity contribution in [2.75, 3.05) is 0 Å². The summed E-state index contributed by atoms with van der Waals surface area (Å²) in [6, 6.07) is 13.6. The van der Waals surface area contributed by atoms with Crippen LogP contribution in [0, 0.1) is 19.3 Å². The predicted octanol–water partition coefficient (Wildman–Crippen LogP) is 4.59. The molecule has 3 rings (SSSR count). The monoisotopic (exact) mass is 329 g/mol. The van der Waals surface area contributed by atoms with Gasteiger partial charge in [-0.1, -0.05) is 42.0 Å². The van der Waals surface area contributed by atoms with Crippen molar-refractivity contribution in [1.82, 2.24) is 9.97 Å². The van der Waals surface area contributed by atoms with E-state index in [0.717, 1.165) is 28.7 Å². The second-order valence-corrected chi connectivity index (χ2v) is 5.98. The van der Waals surface area contributed by atoms with Crippen molar-refractivity contribution in [2.24, 2.45) is 0 Å². The second-order valence-electron chi connectivity index (χ2n) is 5.98. The zero-order chi connectivity index (χ0) is 17.8. The number of carbonyl (C=O) groups excluding carboxylic acids is 1. The number of allylic oxidation sites excluding steroid dienone is 1. The van der Waals surface area contributed by atoms with Gasteiger partial charge in [-0.3, -0.25) is 4.79 Å². The van der Waals surface area contributed by atoms with E-state index in [4.69, 9.17) is 5.41 Å². The fourth-order valence-electron chi connectivity index (χ4n) is 2.54. The average molecular weight is 329 g/mol. The van der Waals surface area contributed by atoms with E-state index >= 15 is 0 Å². The van der Waals surface area contributed by atoms with Gasteiger partial charge in [0.05, 0.1) is 17.6 Å². The number of aromatic amines is 1. The zero-order valence-electron chi connectivity index (χ0n) is 14.2. The van der Waals surface area contributed by atoms with Crippen LogP contribution < -0.4 is 0 Å². The maximum Gasteiger partial charge on any atom is 0.150 e. The Kier molecular flexibility index (Phi) is 4.70. The number of benzene rings is 2. The number of aromatic nitrogens is 2. The van der Waals surface area contributed by atoms with Crippen molar-refractivity contribution in [3.8, 4) is 11.3 Å². The summed E-state index contributed by atoms with van der Waals surface area (Å²) in [7, 11) is 0. The third kappa shape index (κ3) is 3.80. The van der Waals surface area contributed by atoms with E-state index in [2.05, 4.69) is 41.2 Å². The third-order valence-electron chi connectivity index (χ3n) is 4.07. The van der Waals surface area contributed by atoms with Crippen LogP contribution in [-0.2, 0) is 0 Å². The molecule has 1 aromatic heterocycles. The summed E-state index contributed by atoms with van der Waals surface area (Å²) in [6.07, 6.45) is 6.10. The second kappa shape index (κ2) is 7.09. The van der Waals surface area contributed by atoms with E-state index in [1.165, 1.54) is 5.56 Å². The average Bonchev–Trinajstić information content (AvgIpc) is 3.09. The maximum absolute atomic E-state index is 10.9. The van der Waals surface area contributed by atoms with Crippen LogP contribution >= 0.6 is 0 Å². The highest BCUT2D eigenvalue weighted by atomic mass is 16.1. The van der Waals surface area contributed by atoms with E-state index in [-0.39, 0.29) is 0 Å². The van der Waals surface area contributed by atoms with Gasteiger partial charge < -0.3 is 10.4 Å². The van der Waals surface area contributed by atoms with E-state index in [9.17, 15) is 4.79 Å². The lowest BCUT2D eigenvalue weighted by Crippen LogP contribution is -1.97. The van der Waals surface area contributed by atoms with Crippen LogP contribution in [0.4, 0.5) is 0 Å². The Morgan fingerprint density at radius 1 is 1.12 bits per heavy atom. The first-order valence-corrected chi connectivity index (χ1v) is 8.01. The first-order valence-electron chi connectivity index (χ1n) is 8.01. The molecule has 4 nitrogen and oxygen atoms in total. The molecule has 0 radical (unpaired) electrons. The lowest BCUT2D eigenvalue weighted by Gasteiger charge is -2.03. The number of nitrogens with one attached hydrogen (secondary N) is 2. The molecule has 0 aliphatic heterocycles. The Balaban J connectivity index is 1.76. The van der Waals surface area contributed by atoms with Crippen LogP contribution in [0.3, 0.4) is 0 Å². The minimum Gasteiger partial charge on any atom is -0.338 e. The van der Waals surface area contributed by atoms with Gasteiger partial charge in [0.25, 0.3) is 0 Å². The number of aldehydes is 1. The molecular formula is C21H19N3O. The van der Waals surface area contributed by atoms with Gasteiger partial charge in [0.15, 0.2) is 0 Å². The molecule has 2 aromatic carbocycles. The molecule has 2 N–H and O–H groups in total. The van der Waals surface area contributed by atoms with E-state index in [1.54, 1.807) is 30.5 Å². The third-order valence-corrected chi connectivity index (χ3v) is 4.07. The largest absolute Gasteiger partial charge is 0.338 e. The minimum atomic E-state index is 0.369. The first-order chi connectivity index (χ1) is 12.1. The van der Waals surface area contributed by atoms with Gasteiger partial charge in [-0.25, -0.2) is 4.98 Å². The summed E-state index contributed by atoms with van der Waals surface area (Å²) in [5, 5.41) is 8.18. The van der Waals surface area contributed by atoms with Gasteiger partial charge in [0, 0.05) is 5.56 Å². The molecule has 0 unspecified atom stereocenters. The summed E-state index contributed by atoms with van der Waals surface area (Å²) in [5.74, 6) is 0.696. The van der Waals surface area contributed by atoms with Gasteiger partial charge >= 0.3 is 0 Å². The van der Waals surface area contributed by atoms with Crippen molar-refractivity contribution < 1.29 is 4.79 Å². The molecule has 4 heteroatoms. The Morgan fingerprint density at radius 2 is 1.88 bits per heavy atom. The van der Waals surface area contributed by atoms with Crippen LogP contribution in [0.25, 0.3) is 17.3 Å². The van der Waals surface area contributed by atoms with Crippen molar-refractivity contribution in [2.45, 2.75) is 13.8 Å². The van der Waals surface area contributed by atoms with Gasteiger partial charge in [-0.05, 0) is 48.8 Å². The minimum absolute atomic E-state index is 0.369. The van der Waals surface area contributed by atoms with Crippen molar-refractivity contribution in [3.63, 3.8) is 0 Å². The normalized spacial score (nSPS) is 11.0. The van der Waals surface area contributed by atoms with E-state index in [1.807, 2.05) is 13.0 Å². The highest BCUT2D eigenvalue weighted by Crippen LogP contribution is 2.18. The van der Waals surface area contributed by atoms with Crippen LogP contribution in [-0.4, -0.2) is 22.0 Å². The van der Waals surface area contributed by atoms with Gasteiger partial charge in [-0.15, -0.1) is 0 Å². The Bertz CT molecular complexity index is 950. The van der Waals surface area contributed by atoms with Crippen molar-refractivity contribution in [3.05, 3.63) is 82.8 Å². The van der Waals surface area contributed by atoms with Gasteiger partial charge in [0.2, 0.25) is 0 Å². The molecule has 25 heavy (non-hydrogen) atoms. The summed E-state index contributed by atoms with van der Waals surface area (Å²) in [6.45, 7) is 3.92. The zero-order valence-corrected chi connectivity index (χ0v) is 14.2. The lowest BCUT2D eigenvalue weighted by atomic mass is 10.0. The molecule has 0 bridgehead atoms. The predicted molar refractivity (Wildman–Crippen MR) is 101 cm³/mol. The van der Waals surface area contributed by atoms with Crippen molar-refractivity contribution in [1.29, 1.82) is 5.41 Å². The molecule has 1 heterocycles. The van der Waals surface area contributed by atoms with Crippen LogP contribution in [0.5, 0.6) is 0 Å². The maximum atomic E-state index is 10.9. The standard InChI is InChI=1S/C21H19N3O/c1-14-3-5-16(6-4-14)20-12-23-21(24-20)10-9-19(22)17-7-8-18(13-25)15(2)11-17/h3-13,22H,1-2H3,(H,23,24)/b10-9-,22-19?. The number of aryl methyl sites for hydroxylation is 2. The fourth-order valence-corrected chi connectivity index (χ4v) is 2.54. The molecule has 0 fully saturated rings. The lowest BCUT2D eigenvalue weighted by molar-refractivity contribution is 0.112. The molecule has 124 valence electrons. The molecule has 0 atom stereocenters. The number of carbonyl (C=O) groups is 1. The smallest absolute Gasteiger partial charge is 0.150 e. The topological polar surface area (TPSA) is 69.6 Å². The van der Waals surface area contributed by atoms with E-state index in [0.29, 0.717) is 17.1 Å². The molecule has 0 aliphatic carbocycles. The summed E-state index contributed by atoms with van der Waals surface area (Å²) < 4.78 is 0. The fraction of sp³-hybridized carbons (Fsp3) is 0.0952. The van der Waals surface area contributed by atoms with Crippen molar-refractivity contribution >= 4 is 18.1 Å². The highest BCUT2D eigenvalue weighted by molar-refractivity contribution is 6.08. The first kappa shape index (κ1) is 16.6. The molecule has 0 saturated carbocycles. The number of nitrogens with zero attached hydrogens (tertiary/aromatic N) is 1. The summed E-state index contributed by atoms with van der Waals surface area (Å²) in [5.41, 5.74) is 5.89. The van der Waals surface area contributed by atoms with Gasteiger partial charge in [-0.2, -0.15) is 0 Å². The molecule has 0 aliphatic rings. The molecular weight excluding hydrogens is 310 g/mol. The van der Waals surface area contributed by atoms with Crippen LogP contribution in [0.15, 0.2) is 54.7 Å². The Hall–Kier alpha value is -3.27. The summed E-state index contributed by atoms with van der Waals surface area (Å²) in [4.78, 5) is 18.5. The van der Waals surface area contributed by atoms with Gasteiger partial charge in [0.1, 0.15) is 12.1 Å². The molecule has 3 aromatic rings. The highest BCUT2D eigenvalue weighted by Gasteiger charge is 2.04. The molecule has 0 amide bonds. The van der Waals surface area contributed by atoms with E-state index < -0.39 is 0 Å². The number of hydrogen-bond donors (Lipinski definition) is 2. The molecule has 0 saturated heterocycles. The number of rotatable bonds is 5.